The number of carbonyl (C=O) groups excluding carboxylic acids is 2. The molecule has 25 heavy (non-hydrogen) atoms. The molecule has 5 heteroatoms. The van der Waals surface area contributed by atoms with Crippen molar-refractivity contribution in [2.24, 2.45) is 11.8 Å². The third kappa shape index (κ3) is 4.21. The van der Waals surface area contributed by atoms with Crippen LogP contribution >= 0.6 is 0 Å². The normalized spacial score (nSPS) is 19.6. The van der Waals surface area contributed by atoms with Crippen molar-refractivity contribution >= 4 is 17.5 Å². The van der Waals surface area contributed by atoms with Gasteiger partial charge in [-0.2, -0.15) is 0 Å². The molecule has 0 N–H and O–H groups in total. The number of nitrogens with zero attached hydrogens (tertiary/aromatic N) is 2. The second-order valence-corrected chi connectivity index (χ2v) is 6.90. The Balaban J connectivity index is 1.56. The molecular formula is C20H28N2O3. The topological polar surface area (TPSA) is 49.9 Å². The SMILES string of the molecule is CCN(C(=O)C1CCN(C(=O)C2CCOCC2)CC1)c1ccccc1. The molecule has 0 aromatic heterocycles. The van der Waals surface area contributed by atoms with Crippen LogP contribution in [0, 0.1) is 11.8 Å². The first kappa shape index (κ1) is 17.9. The molecule has 2 heterocycles. The van der Waals surface area contributed by atoms with E-state index in [0.717, 1.165) is 31.4 Å². The monoisotopic (exact) mass is 344 g/mol. The Morgan fingerprint density at radius 1 is 1.04 bits per heavy atom. The first-order valence-corrected chi connectivity index (χ1v) is 9.43. The van der Waals surface area contributed by atoms with Gasteiger partial charge >= 0.3 is 0 Å². The summed E-state index contributed by atoms with van der Waals surface area (Å²) in [5.41, 5.74) is 0.954. The summed E-state index contributed by atoms with van der Waals surface area (Å²) in [5.74, 6) is 0.563. The highest BCUT2D eigenvalue weighted by Crippen LogP contribution is 2.26. The zero-order valence-corrected chi connectivity index (χ0v) is 15.0. The van der Waals surface area contributed by atoms with Gasteiger partial charge in [-0.25, -0.2) is 0 Å². The smallest absolute Gasteiger partial charge is 0.230 e. The number of ether oxygens (including phenoxy) is 1. The zero-order chi connectivity index (χ0) is 17.6. The van der Waals surface area contributed by atoms with Crippen LogP contribution in [0.1, 0.15) is 32.6 Å². The van der Waals surface area contributed by atoms with E-state index in [0.29, 0.717) is 32.8 Å². The maximum absolute atomic E-state index is 12.9. The van der Waals surface area contributed by atoms with E-state index in [9.17, 15) is 9.59 Å². The number of hydrogen-bond donors (Lipinski definition) is 0. The number of carbonyl (C=O) groups is 2. The van der Waals surface area contributed by atoms with Gasteiger partial charge in [-0.3, -0.25) is 9.59 Å². The van der Waals surface area contributed by atoms with E-state index in [-0.39, 0.29) is 23.7 Å². The van der Waals surface area contributed by atoms with Crippen LogP contribution in [0.3, 0.4) is 0 Å². The lowest BCUT2D eigenvalue weighted by Gasteiger charge is -2.36. The molecule has 2 saturated heterocycles. The maximum Gasteiger partial charge on any atom is 0.230 e. The number of rotatable bonds is 4. The van der Waals surface area contributed by atoms with Crippen molar-refractivity contribution in [3.63, 3.8) is 0 Å². The minimum absolute atomic E-state index is 0.0129. The molecule has 0 unspecified atom stereocenters. The Labute approximate surface area is 149 Å². The van der Waals surface area contributed by atoms with Gasteiger partial charge in [0, 0.05) is 50.4 Å². The van der Waals surface area contributed by atoms with Crippen molar-refractivity contribution in [3.8, 4) is 0 Å². The van der Waals surface area contributed by atoms with Crippen molar-refractivity contribution in [2.75, 3.05) is 37.7 Å². The van der Waals surface area contributed by atoms with Crippen LogP contribution in [0.4, 0.5) is 5.69 Å². The highest BCUT2D eigenvalue weighted by molar-refractivity contribution is 5.95. The van der Waals surface area contributed by atoms with Gasteiger partial charge in [0.05, 0.1) is 0 Å². The third-order valence-electron chi connectivity index (χ3n) is 5.38. The fraction of sp³-hybridized carbons (Fsp3) is 0.600. The van der Waals surface area contributed by atoms with Crippen LogP contribution in [0.5, 0.6) is 0 Å². The van der Waals surface area contributed by atoms with Crippen molar-refractivity contribution in [2.45, 2.75) is 32.6 Å². The van der Waals surface area contributed by atoms with Crippen LogP contribution in [-0.2, 0) is 14.3 Å². The van der Waals surface area contributed by atoms with Crippen LogP contribution in [0.2, 0.25) is 0 Å². The van der Waals surface area contributed by atoms with E-state index in [1.54, 1.807) is 0 Å². The highest BCUT2D eigenvalue weighted by Gasteiger charge is 2.33. The second kappa shape index (κ2) is 8.48. The van der Waals surface area contributed by atoms with E-state index in [1.807, 2.05) is 47.1 Å². The van der Waals surface area contributed by atoms with E-state index in [4.69, 9.17) is 4.74 Å². The molecule has 0 saturated carbocycles. The van der Waals surface area contributed by atoms with Gasteiger partial charge in [0.1, 0.15) is 0 Å². The Morgan fingerprint density at radius 2 is 1.68 bits per heavy atom. The van der Waals surface area contributed by atoms with E-state index < -0.39 is 0 Å². The summed E-state index contributed by atoms with van der Waals surface area (Å²) in [4.78, 5) is 29.3. The average molecular weight is 344 g/mol. The minimum Gasteiger partial charge on any atom is -0.381 e. The highest BCUT2D eigenvalue weighted by atomic mass is 16.5. The molecular weight excluding hydrogens is 316 g/mol. The number of piperidine rings is 1. The lowest BCUT2D eigenvalue weighted by Crippen LogP contribution is -2.46. The van der Waals surface area contributed by atoms with Crippen LogP contribution in [0.15, 0.2) is 30.3 Å². The summed E-state index contributed by atoms with van der Waals surface area (Å²) in [7, 11) is 0. The minimum atomic E-state index is 0.0129. The fourth-order valence-corrected chi connectivity index (χ4v) is 3.84. The van der Waals surface area contributed by atoms with Crippen molar-refractivity contribution in [1.82, 2.24) is 4.90 Å². The van der Waals surface area contributed by atoms with E-state index >= 15 is 0 Å². The molecule has 2 aliphatic rings. The van der Waals surface area contributed by atoms with Crippen LogP contribution < -0.4 is 4.90 Å². The molecule has 1 aromatic rings. The molecule has 0 atom stereocenters. The molecule has 0 aliphatic carbocycles. The predicted molar refractivity (Wildman–Crippen MR) is 97.3 cm³/mol. The fourth-order valence-electron chi connectivity index (χ4n) is 3.84. The molecule has 1 aromatic carbocycles. The van der Waals surface area contributed by atoms with Gasteiger partial charge in [0.25, 0.3) is 0 Å². The van der Waals surface area contributed by atoms with Gasteiger partial charge in [-0.1, -0.05) is 18.2 Å². The lowest BCUT2D eigenvalue weighted by atomic mass is 9.92. The molecule has 0 bridgehead atoms. The van der Waals surface area contributed by atoms with Crippen molar-refractivity contribution < 1.29 is 14.3 Å². The first-order valence-electron chi connectivity index (χ1n) is 9.43. The average Bonchev–Trinajstić information content (AvgIpc) is 2.69. The number of amides is 2. The Morgan fingerprint density at radius 3 is 2.28 bits per heavy atom. The molecule has 5 nitrogen and oxygen atoms in total. The Kier molecular flexibility index (Phi) is 6.08. The van der Waals surface area contributed by atoms with Gasteiger partial charge < -0.3 is 14.5 Å². The van der Waals surface area contributed by atoms with Gasteiger partial charge in [-0.05, 0) is 44.7 Å². The zero-order valence-electron chi connectivity index (χ0n) is 15.0. The molecule has 3 rings (SSSR count). The lowest BCUT2D eigenvalue weighted by molar-refractivity contribution is -0.141. The Bertz CT molecular complexity index is 576. The molecule has 2 fully saturated rings. The molecule has 2 aliphatic heterocycles. The second-order valence-electron chi connectivity index (χ2n) is 6.90. The molecule has 136 valence electrons. The van der Waals surface area contributed by atoms with E-state index in [2.05, 4.69) is 0 Å². The first-order chi connectivity index (χ1) is 12.2. The number of benzene rings is 1. The predicted octanol–water partition coefficient (Wildman–Crippen LogP) is 2.70. The standard InChI is InChI=1S/C20H28N2O3/c1-2-22(18-6-4-3-5-7-18)20(24)16-8-12-21(13-9-16)19(23)17-10-14-25-15-11-17/h3-7,16-17H,2,8-15H2,1H3. The Hall–Kier alpha value is -1.88. The van der Waals surface area contributed by atoms with Gasteiger partial charge in [-0.15, -0.1) is 0 Å². The molecule has 0 spiro atoms. The van der Waals surface area contributed by atoms with Crippen molar-refractivity contribution in [1.29, 1.82) is 0 Å². The maximum atomic E-state index is 12.9. The van der Waals surface area contributed by atoms with Crippen LogP contribution in [0.25, 0.3) is 0 Å². The number of hydrogen-bond acceptors (Lipinski definition) is 3. The summed E-state index contributed by atoms with van der Waals surface area (Å²) in [6.07, 6.45) is 3.18. The summed E-state index contributed by atoms with van der Waals surface area (Å²) in [6.45, 7) is 5.44. The van der Waals surface area contributed by atoms with Crippen molar-refractivity contribution in [3.05, 3.63) is 30.3 Å². The van der Waals surface area contributed by atoms with E-state index in [1.165, 1.54) is 0 Å². The molecule has 2 amide bonds. The van der Waals surface area contributed by atoms with Crippen LogP contribution in [-0.4, -0.2) is 49.6 Å². The largest absolute Gasteiger partial charge is 0.381 e. The summed E-state index contributed by atoms with van der Waals surface area (Å²) in [6, 6.07) is 9.83. The number of likely N-dealkylation sites (tertiary alicyclic amines) is 1. The van der Waals surface area contributed by atoms with Gasteiger partial charge in [0.15, 0.2) is 0 Å². The quantitative estimate of drug-likeness (QED) is 0.844. The third-order valence-corrected chi connectivity index (χ3v) is 5.38. The number of anilines is 1. The number of para-hydroxylation sites is 1. The summed E-state index contributed by atoms with van der Waals surface area (Å²) in [5, 5.41) is 0. The summed E-state index contributed by atoms with van der Waals surface area (Å²) < 4.78 is 5.35. The van der Waals surface area contributed by atoms with Gasteiger partial charge in [0.2, 0.25) is 11.8 Å². The molecule has 0 radical (unpaired) electrons. The summed E-state index contributed by atoms with van der Waals surface area (Å²) >= 11 is 0.